The van der Waals surface area contributed by atoms with E-state index in [1.54, 1.807) is 12.5 Å². The smallest absolute Gasteiger partial charge is 0.274 e. The maximum Gasteiger partial charge on any atom is 0.274 e. The summed E-state index contributed by atoms with van der Waals surface area (Å²) in [5, 5.41) is 4.93. The molecule has 9 rings (SSSR count). The Labute approximate surface area is 404 Å². The van der Waals surface area contributed by atoms with Crippen molar-refractivity contribution in [1.29, 1.82) is 0 Å². The summed E-state index contributed by atoms with van der Waals surface area (Å²) >= 11 is 6.27. The second kappa shape index (κ2) is 21.3. The highest BCUT2D eigenvalue weighted by molar-refractivity contribution is 6.30. The van der Waals surface area contributed by atoms with Crippen molar-refractivity contribution in [3.8, 4) is 11.1 Å². The molecule has 0 radical (unpaired) electrons. The molecule has 4 aliphatic heterocycles. The van der Waals surface area contributed by atoms with Crippen molar-refractivity contribution in [3.63, 3.8) is 0 Å². The van der Waals surface area contributed by atoms with Gasteiger partial charge >= 0.3 is 0 Å². The van der Waals surface area contributed by atoms with E-state index in [1.807, 2.05) is 64.5 Å². The van der Waals surface area contributed by atoms with Crippen LogP contribution in [0.3, 0.4) is 0 Å². The van der Waals surface area contributed by atoms with E-state index in [4.69, 9.17) is 23.1 Å². The molecule has 68 heavy (non-hydrogen) atoms. The number of benzene rings is 2. The molecule has 2 aromatic carbocycles. The number of nitrogens with zero attached hydrogens (tertiary/aromatic N) is 9. The van der Waals surface area contributed by atoms with E-state index in [-0.39, 0.29) is 23.8 Å². The molecule has 4 aliphatic rings. The molecule has 0 bridgehead atoms. The number of hydrogen-bond acceptors (Lipinski definition) is 12. The molecule has 3 amide bonds. The minimum Gasteiger partial charge on any atom is -0.397 e. The van der Waals surface area contributed by atoms with Gasteiger partial charge in [0.25, 0.3) is 5.91 Å². The molecule has 5 aromatic rings. The SMILES string of the molecule is CCc1cccc(-c2cnc(C(=O)N3CCC(CN4CCN(CC(=O)N5CCN(CC[C@H](NC(=O)C6(N)CCN(c7ncnc8[nH]ccc78)CC6)c6ccc(Cl)cc6)CC5)CC4)CC3)c(N)c2)c1. The summed E-state index contributed by atoms with van der Waals surface area (Å²) in [6.07, 6.45) is 9.74. The van der Waals surface area contributed by atoms with Crippen molar-refractivity contribution in [1.82, 2.24) is 49.8 Å². The van der Waals surface area contributed by atoms with Crippen LogP contribution in [0.15, 0.2) is 79.4 Å². The van der Waals surface area contributed by atoms with Gasteiger partial charge in [0.2, 0.25) is 11.8 Å². The average molecular weight is 945 g/mol. The molecule has 0 unspecified atom stereocenters. The summed E-state index contributed by atoms with van der Waals surface area (Å²) in [5.74, 6) is 1.33. The zero-order chi connectivity index (χ0) is 47.2. The van der Waals surface area contributed by atoms with Crippen LogP contribution in [0.1, 0.15) is 66.7 Å². The van der Waals surface area contributed by atoms with E-state index in [0.29, 0.717) is 87.4 Å². The molecule has 0 aliphatic carbocycles. The Balaban J connectivity index is 0.683. The Bertz CT molecular complexity index is 2520. The molecular formula is C51H66ClN13O3. The maximum absolute atomic E-state index is 14.0. The zero-order valence-electron chi connectivity index (χ0n) is 39.3. The summed E-state index contributed by atoms with van der Waals surface area (Å²) in [6, 6.07) is 19.6. The first-order valence-electron chi connectivity index (χ1n) is 24.5. The summed E-state index contributed by atoms with van der Waals surface area (Å²) in [5.41, 5.74) is 18.0. The Morgan fingerprint density at radius 3 is 2.26 bits per heavy atom. The van der Waals surface area contributed by atoms with Crippen molar-refractivity contribution in [2.75, 3.05) is 109 Å². The number of amides is 3. The number of fused-ring (bicyclic) bond motifs is 1. The lowest BCUT2D eigenvalue weighted by Crippen LogP contribution is -2.60. The molecule has 3 aromatic heterocycles. The predicted molar refractivity (Wildman–Crippen MR) is 267 cm³/mol. The lowest BCUT2D eigenvalue weighted by atomic mass is 9.87. The number of pyridine rings is 1. The van der Waals surface area contributed by atoms with Gasteiger partial charge in [-0.2, -0.15) is 0 Å². The maximum atomic E-state index is 14.0. The fourth-order valence-electron chi connectivity index (χ4n) is 10.4. The van der Waals surface area contributed by atoms with Gasteiger partial charge in [-0.15, -0.1) is 0 Å². The first-order valence-corrected chi connectivity index (χ1v) is 24.9. The Hall–Kier alpha value is -5.65. The number of piperidine rings is 2. The van der Waals surface area contributed by atoms with Crippen LogP contribution in [-0.2, 0) is 16.0 Å². The topological polar surface area (TPSA) is 189 Å². The number of aryl methyl sites for hydroxylation is 1. The average Bonchev–Trinajstić information content (AvgIpc) is 3.86. The number of nitrogens with one attached hydrogen (secondary N) is 2. The zero-order valence-corrected chi connectivity index (χ0v) is 40.0. The van der Waals surface area contributed by atoms with Crippen molar-refractivity contribution in [2.45, 2.75) is 57.0 Å². The lowest BCUT2D eigenvalue weighted by molar-refractivity contribution is -0.134. The van der Waals surface area contributed by atoms with Crippen molar-refractivity contribution in [2.24, 2.45) is 11.7 Å². The number of piperazine rings is 2. The van der Waals surface area contributed by atoms with Crippen molar-refractivity contribution in [3.05, 3.63) is 101 Å². The number of aromatic nitrogens is 4. The molecule has 0 spiro atoms. The summed E-state index contributed by atoms with van der Waals surface area (Å²) < 4.78 is 0. The molecular weight excluding hydrogens is 878 g/mol. The van der Waals surface area contributed by atoms with Gasteiger partial charge in [0.05, 0.1) is 29.2 Å². The largest absolute Gasteiger partial charge is 0.397 e. The normalized spacial score (nSPS) is 19.3. The number of nitrogen functional groups attached to an aromatic ring is 1. The molecule has 0 saturated carbocycles. The van der Waals surface area contributed by atoms with E-state index >= 15 is 0 Å². The number of rotatable bonds is 14. The van der Waals surface area contributed by atoms with Gasteiger partial charge in [-0.1, -0.05) is 54.9 Å². The minimum atomic E-state index is -1.00. The van der Waals surface area contributed by atoms with Gasteiger partial charge in [-0.25, -0.2) is 15.0 Å². The standard InChI is InChI=1S/C51H66ClN13O3/c1-2-36-4-3-5-39(30-36)40-31-43(53)46(56-32-40)49(67)65-18-11-37(12-19-65)33-61-22-24-62(25-23-61)34-45(66)63-28-26-60(27-29-63)17-13-44(38-6-8-41(52)9-7-38)59-50(68)51(54)14-20-64(21-15-51)48-42-10-16-55-47(42)57-35-58-48/h3-10,16,30-32,35,37,44H,2,11-15,17-29,33-34,53-54H2,1H3,(H,59,68)(H,55,57,58)/t44-/m0/s1. The van der Waals surface area contributed by atoms with E-state index in [9.17, 15) is 14.4 Å². The number of H-pyrrole nitrogens is 1. The fraction of sp³-hybridized carbons (Fsp3) is 0.490. The predicted octanol–water partition coefficient (Wildman–Crippen LogP) is 4.68. The van der Waals surface area contributed by atoms with Crippen LogP contribution in [0.5, 0.6) is 0 Å². The van der Waals surface area contributed by atoms with Gasteiger partial charge in [-0.3, -0.25) is 24.2 Å². The van der Waals surface area contributed by atoms with Gasteiger partial charge in [0.1, 0.15) is 17.8 Å². The van der Waals surface area contributed by atoms with Crippen LogP contribution >= 0.6 is 11.6 Å². The third kappa shape index (κ3) is 11.1. The van der Waals surface area contributed by atoms with Gasteiger partial charge in [0.15, 0.2) is 5.69 Å². The number of carbonyl (C=O) groups excluding carboxylic acids is 3. The highest BCUT2D eigenvalue weighted by atomic mass is 35.5. The molecule has 1 atom stereocenters. The highest BCUT2D eigenvalue weighted by Crippen LogP contribution is 2.31. The fourth-order valence-corrected chi connectivity index (χ4v) is 10.5. The second-order valence-corrected chi connectivity index (χ2v) is 19.6. The van der Waals surface area contributed by atoms with Gasteiger partial charge in [0, 0.05) is 115 Å². The van der Waals surface area contributed by atoms with Crippen LogP contribution in [0.2, 0.25) is 5.02 Å². The van der Waals surface area contributed by atoms with Crippen molar-refractivity contribution < 1.29 is 14.4 Å². The van der Waals surface area contributed by atoms with Gasteiger partial charge < -0.3 is 41.4 Å². The third-order valence-electron chi connectivity index (χ3n) is 14.8. The first kappa shape index (κ1) is 47.4. The number of anilines is 2. The third-order valence-corrected chi connectivity index (χ3v) is 15.1. The molecule has 16 nitrogen and oxygen atoms in total. The van der Waals surface area contributed by atoms with E-state index in [1.165, 1.54) is 5.56 Å². The van der Waals surface area contributed by atoms with Crippen LogP contribution in [0, 0.1) is 5.92 Å². The molecule has 360 valence electrons. The van der Waals surface area contributed by atoms with Crippen LogP contribution < -0.4 is 21.7 Å². The molecule has 4 saturated heterocycles. The van der Waals surface area contributed by atoms with E-state index in [2.05, 4.69) is 63.9 Å². The summed E-state index contributed by atoms with van der Waals surface area (Å²) in [4.78, 5) is 70.8. The summed E-state index contributed by atoms with van der Waals surface area (Å²) in [6.45, 7) is 13.5. The van der Waals surface area contributed by atoms with Crippen LogP contribution in [0.25, 0.3) is 22.2 Å². The Morgan fingerprint density at radius 1 is 0.824 bits per heavy atom. The number of nitrogens with two attached hydrogens (primary N) is 2. The monoisotopic (exact) mass is 944 g/mol. The Kier molecular flexibility index (Phi) is 14.9. The van der Waals surface area contributed by atoms with E-state index < -0.39 is 5.54 Å². The number of likely N-dealkylation sites (tertiary alicyclic amines) is 1. The first-order chi connectivity index (χ1) is 33.0. The van der Waals surface area contributed by atoms with Crippen LogP contribution in [0.4, 0.5) is 11.5 Å². The molecule has 6 N–H and O–H groups in total. The number of carbonyl (C=O) groups is 3. The Morgan fingerprint density at radius 2 is 1.54 bits per heavy atom. The minimum absolute atomic E-state index is 0.0919. The molecule has 4 fully saturated rings. The molecule has 17 heteroatoms. The second-order valence-electron chi connectivity index (χ2n) is 19.2. The number of aromatic amines is 1. The van der Waals surface area contributed by atoms with E-state index in [0.717, 1.165) is 105 Å². The molecule has 7 heterocycles. The van der Waals surface area contributed by atoms with Crippen molar-refractivity contribution >= 4 is 51.9 Å². The van der Waals surface area contributed by atoms with Gasteiger partial charge in [-0.05, 0) is 85.4 Å². The summed E-state index contributed by atoms with van der Waals surface area (Å²) in [7, 11) is 0. The number of hydrogen-bond donors (Lipinski definition) is 4. The van der Waals surface area contributed by atoms with Crippen LogP contribution in [-0.4, -0.2) is 166 Å². The highest BCUT2D eigenvalue weighted by Gasteiger charge is 2.39. The quantitative estimate of drug-likeness (QED) is 0.121. The number of halogens is 1. The lowest BCUT2D eigenvalue weighted by Gasteiger charge is -2.40.